The molecule has 1 aromatic carbocycles. The van der Waals surface area contributed by atoms with Gasteiger partial charge in [-0.3, -0.25) is 0 Å². The molecule has 0 atom stereocenters. The Kier molecular flexibility index (Phi) is 5.10. The molecule has 134 valence electrons. The van der Waals surface area contributed by atoms with Crippen molar-refractivity contribution < 1.29 is 8.91 Å². The molecule has 2 aromatic heterocycles. The van der Waals surface area contributed by atoms with Crippen molar-refractivity contribution in [1.29, 1.82) is 0 Å². The van der Waals surface area contributed by atoms with Gasteiger partial charge in [0, 0.05) is 31.0 Å². The molecule has 0 aliphatic carbocycles. The smallest absolute Gasteiger partial charge is 0.237 e. The predicted octanol–water partition coefficient (Wildman–Crippen LogP) is 3.95. The summed E-state index contributed by atoms with van der Waals surface area (Å²) >= 11 is 1.52. The molecule has 1 fully saturated rings. The van der Waals surface area contributed by atoms with Gasteiger partial charge >= 0.3 is 0 Å². The minimum Gasteiger partial charge on any atom is -0.354 e. The van der Waals surface area contributed by atoms with E-state index in [9.17, 15) is 4.39 Å². The zero-order valence-corrected chi connectivity index (χ0v) is 15.0. The molecule has 4 rings (SSSR count). The lowest BCUT2D eigenvalue weighted by molar-refractivity contribution is 0.391. The van der Waals surface area contributed by atoms with Crippen LogP contribution in [0.25, 0.3) is 11.4 Å². The van der Waals surface area contributed by atoms with Gasteiger partial charge in [-0.1, -0.05) is 29.1 Å². The number of hydrogen-bond acceptors (Lipinski definition) is 7. The van der Waals surface area contributed by atoms with Crippen LogP contribution in [0.4, 0.5) is 10.2 Å². The minimum atomic E-state index is -0.325. The van der Waals surface area contributed by atoms with Crippen LogP contribution in [-0.2, 0) is 5.75 Å². The quantitative estimate of drug-likeness (QED) is 0.629. The molecule has 3 aromatic rings. The molecule has 8 heteroatoms. The standard InChI is InChI=1S/C18H18FN5OS/c19-14-6-4-5-13(11-14)16-22-15(25-23-16)12-26-18-17(20-7-8-21-18)24-9-2-1-3-10-24/h4-8,11H,1-3,9-10,12H2. The van der Waals surface area contributed by atoms with Gasteiger partial charge in [-0.15, -0.1) is 0 Å². The first-order valence-electron chi connectivity index (χ1n) is 8.57. The van der Waals surface area contributed by atoms with Crippen molar-refractivity contribution in [2.45, 2.75) is 30.0 Å². The summed E-state index contributed by atoms with van der Waals surface area (Å²) in [5, 5.41) is 4.80. The molecule has 0 amide bonds. The minimum absolute atomic E-state index is 0.325. The zero-order chi connectivity index (χ0) is 17.8. The van der Waals surface area contributed by atoms with Gasteiger partial charge in [-0.05, 0) is 31.4 Å². The Labute approximate surface area is 154 Å². The van der Waals surface area contributed by atoms with Gasteiger partial charge in [0.1, 0.15) is 10.8 Å². The summed E-state index contributed by atoms with van der Waals surface area (Å²) in [6, 6.07) is 6.15. The number of rotatable bonds is 5. The number of aromatic nitrogens is 4. The van der Waals surface area contributed by atoms with Gasteiger partial charge in [0.15, 0.2) is 5.82 Å². The highest BCUT2D eigenvalue weighted by Crippen LogP contribution is 2.30. The fourth-order valence-corrected chi connectivity index (χ4v) is 3.75. The molecule has 1 aliphatic heterocycles. The number of piperidine rings is 1. The Morgan fingerprint density at radius 3 is 2.81 bits per heavy atom. The lowest BCUT2D eigenvalue weighted by Crippen LogP contribution is -2.30. The van der Waals surface area contributed by atoms with Crippen molar-refractivity contribution in [3.05, 3.63) is 48.4 Å². The third kappa shape index (κ3) is 3.85. The molecular formula is C18H18FN5OS. The predicted molar refractivity (Wildman–Crippen MR) is 97.3 cm³/mol. The van der Waals surface area contributed by atoms with Gasteiger partial charge in [-0.25, -0.2) is 14.4 Å². The Morgan fingerprint density at radius 2 is 1.96 bits per heavy atom. The van der Waals surface area contributed by atoms with Gasteiger partial charge in [0.25, 0.3) is 0 Å². The van der Waals surface area contributed by atoms with Gasteiger partial charge in [0.2, 0.25) is 11.7 Å². The summed E-state index contributed by atoms with van der Waals surface area (Å²) in [7, 11) is 0. The highest BCUT2D eigenvalue weighted by molar-refractivity contribution is 7.98. The average Bonchev–Trinajstić information content (AvgIpc) is 3.16. The molecule has 0 unspecified atom stereocenters. The van der Waals surface area contributed by atoms with Crippen LogP contribution in [0, 0.1) is 5.82 Å². The summed E-state index contributed by atoms with van der Waals surface area (Å²) in [5.74, 6) is 1.94. The second-order valence-corrected chi connectivity index (χ2v) is 7.01. The van der Waals surface area contributed by atoms with Crippen LogP contribution in [0.5, 0.6) is 0 Å². The summed E-state index contributed by atoms with van der Waals surface area (Å²) in [4.78, 5) is 15.6. The lowest BCUT2D eigenvalue weighted by Gasteiger charge is -2.28. The zero-order valence-electron chi connectivity index (χ0n) is 14.1. The first-order chi connectivity index (χ1) is 12.8. The van der Waals surface area contributed by atoms with E-state index in [-0.39, 0.29) is 5.82 Å². The van der Waals surface area contributed by atoms with Crippen LogP contribution in [-0.4, -0.2) is 33.2 Å². The van der Waals surface area contributed by atoms with Crippen molar-refractivity contribution in [2.75, 3.05) is 18.0 Å². The van der Waals surface area contributed by atoms with Crippen LogP contribution in [0.15, 0.2) is 46.2 Å². The highest BCUT2D eigenvalue weighted by Gasteiger charge is 2.18. The van der Waals surface area contributed by atoms with E-state index in [1.54, 1.807) is 24.5 Å². The number of nitrogens with zero attached hydrogens (tertiary/aromatic N) is 5. The number of hydrogen-bond donors (Lipinski definition) is 0. The molecule has 0 radical (unpaired) electrons. The van der Waals surface area contributed by atoms with E-state index >= 15 is 0 Å². The number of thioether (sulfide) groups is 1. The molecule has 1 aliphatic rings. The first kappa shape index (κ1) is 17.0. The number of halogens is 1. The molecule has 0 saturated carbocycles. The molecule has 0 N–H and O–H groups in total. The molecular weight excluding hydrogens is 353 g/mol. The Hall–Kier alpha value is -2.48. The van der Waals surface area contributed by atoms with Crippen LogP contribution in [0.2, 0.25) is 0 Å². The third-order valence-electron chi connectivity index (χ3n) is 4.19. The molecule has 0 spiro atoms. The topological polar surface area (TPSA) is 67.9 Å². The van der Waals surface area contributed by atoms with E-state index in [4.69, 9.17) is 4.52 Å². The first-order valence-corrected chi connectivity index (χ1v) is 9.55. The second kappa shape index (κ2) is 7.82. The van der Waals surface area contributed by atoms with Crippen LogP contribution in [0.1, 0.15) is 25.2 Å². The maximum Gasteiger partial charge on any atom is 0.237 e. The Balaban J connectivity index is 1.47. The maximum atomic E-state index is 13.3. The second-order valence-electron chi connectivity index (χ2n) is 6.04. The molecule has 3 heterocycles. The van der Waals surface area contributed by atoms with E-state index in [0.29, 0.717) is 23.0 Å². The van der Waals surface area contributed by atoms with Gasteiger partial charge in [-0.2, -0.15) is 4.98 Å². The van der Waals surface area contributed by atoms with E-state index in [2.05, 4.69) is 25.0 Å². The highest BCUT2D eigenvalue weighted by atomic mass is 32.2. The van der Waals surface area contributed by atoms with Crippen molar-refractivity contribution in [3.8, 4) is 11.4 Å². The summed E-state index contributed by atoms with van der Waals surface area (Å²) in [6.07, 6.45) is 7.05. The summed E-state index contributed by atoms with van der Waals surface area (Å²) in [6.45, 7) is 2.02. The monoisotopic (exact) mass is 371 g/mol. The van der Waals surface area contributed by atoms with Crippen molar-refractivity contribution in [1.82, 2.24) is 20.1 Å². The molecule has 0 bridgehead atoms. The molecule has 1 saturated heterocycles. The van der Waals surface area contributed by atoms with Crippen molar-refractivity contribution >= 4 is 17.6 Å². The van der Waals surface area contributed by atoms with Crippen molar-refractivity contribution in [3.63, 3.8) is 0 Å². The molecule has 26 heavy (non-hydrogen) atoms. The Morgan fingerprint density at radius 1 is 1.12 bits per heavy atom. The summed E-state index contributed by atoms with van der Waals surface area (Å²) in [5.41, 5.74) is 0.596. The Bertz CT molecular complexity index is 881. The van der Waals surface area contributed by atoms with E-state index in [1.807, 2.05) is 0 Å². The van der Waals surface area contributed by atoms with Crippen molar-refractivity contribution in [2.24, 2.45) is 0 Å². The maximum absolute atomic E-state index is 13.3. The lowest BCUT2D eigenvalue weighted by atomic mass is 10.1. The largest absolute Gasteiger partial charge is 0.354 e. The number of anilines is 1. The fraction of sp³-hybridized carbons (Fsp3) is 0.333. The van der Waals surface area contributed by atoms with Crippen LogP contribution >= 0.6 is 11.8 Å². The number of benzene rings is 1. The van der Waals surface area contributed by atoms with E-state index in [1.165, 1.54) is 43.2 Å². The van der Waals surface area contributed by atoms with E-state index in [0.717, 1.165) is 23.9 Å². The summed E-state index contributed by atoms with van der Waals surface area (Å²) < 4.78 is 18.6. The fourth-order valence-electron chi connectivity index (χ4n) is 2.93. The van der Waals surface area contributed by atoms with Crippen LogP contribution in [0.3, 0.4) is 0 Å². The SMILES string of the molecule is Fc1cccc(-c2noc(CSc3nccnc3N3CCCCC3)n2)c1. The van der Waals surface area contributed by atoms with E-state index < -0.39 is 0 Å². The van der Waals surface area contributed by atoms with Gasteiger partial charge < -0.3 is 9.42 Å². The molecule has 6 nitrogen and oxygen atoms in total. The third-order valence-corrected chi connectivity index (χ3v) is 5.14. The average molecular weight is 371 g/mol. The van der Waals surface area contributed by atoms with Crippen LogP contribution < -0.4 is 4.90 Å². The van der Waals surface area contributed by atoms with Gasteiger partial charge in [0.05, 0.1) is 5.75 Å². The normalized spacial score (nSPS) is 14.6.